The molecule has 0 aromatic carbocycles. The van der Waals surface area contributed by atoms with Gasteiger partial charge in [0.05, 0.1) is 24.4 Å². The molecule has 2 N–H and O–H groups in total. The quantitative estimate of drug-likeness (QED) is 0.324. The third kappa shape index (κ3) is 8.50. The summed E-state index contributed by atoms with van der Waals surface area (Å²) in [6.45, 7) is 8.19. The molecular formula is C30H40O8. The molecule has 0 aromatic rings. The minimum Gasteiger partial charge on any atom is -0.456 e. The van der Waals surface area contributed by atoms with E-state index in [-0.39, 0.29) is 24.7 Å². The first-order chi connectivity index (χ1) is 18.2. The molecule has 1 saturated heterocycles. The van der Waals surface area contributed by atoms with E-state index >= 15 is 0 Å². The second kappa shape index (κ2) is 13.0. The summed E-state index contributed by atoms with van der Waals surface area (Å²) in [7, 11) is 0. The van der Waals surface area contributed by atoms with Crippen molar-refractivity contribution in [3.63, 3.8) is 0 Å². The maximum absolute atomic E-state index is 12.6. The molecule has 4 rings (SSSR count). The molecule has 0 saturated carbocycles. The number of aliphatic hydroxyl groups is 2. The van der Waals surface area contributed by atoms with Crippen LogP contribution in [0.25, 0.3) is 0 Å². The predicted octanol–water partition coefficient (Wildman–Crippen LogP) is 3.63. The third-order valence-electron chi connectivity index (χ3n) is 7.33. The predicted molar refractivity (Wildman–Crippen MR) is 141 cm³/mol. The largest absolute Gasteiger partial charge is 0.456 e. The van der Waals surface area contributed by atoms with E-state index in [2.05, 4.69) is 19.6 Å². The van der Waals surface area contributed by atoms with Crippen molar-refractivity contribution in [1.29, 1.82) is 0 Å². The van der Waals surface area contributed by atoms with Crippen molar-refractivity contribution < 1.29 is 38.7 Å². The Balaban J connectivity index is 1.45. The molecule has 4 heterocycles. The number of fused-ring (bicyclic) bond motifs is 3. The molecule has 38 heavy (non-hydrogen) atoms. The van der Waals surface area contributed by atoms with E-state index in [9.17, 15) is 19.8 Å². The molecule has 0 radical (unpaired) electrons. The summed E-state index contributed by atoms with van der Waals surface area (Å²) in [5.74, 6) is -0.642. The highest BCUT2D eigenvalue weighted by molar-refractivity contribution is 5.84. The number of cyclic esters (lactones) is 2. The van der Waals surface area contributed by atoms with E-state index in [1.54, 1.807) is 12.2 Å². The van der Waals surface area contributed by atoms with Crippen molar-refractivity contribution >= 4 is 11.9 Å². The highest BCUT2D eigenvalue weighted by Gasteiger charge is 2.46. The highest BCUT2D eigenvalue weighted by Crippen LogP contribution is 2.35. The van der Waals surface area contributed by atoms with Gasteiger partial charge in [-0.15, -0.1) is 0 Å². The van der Waals surface area contributed by atoms with Crippen molar-refractivity contribution in [3.8, 4) is 0 Å². The number of esters is 2. The topological polar surface area (TPSA) is 115 Å². The summed E-state index contributed by atoms with van der Waals surface area (Å²) >= 11 is 0. The van der Waals surface area contributed by atoms with E-state index in [0.717, 1.165) is 30.4 Å². The molecular weight excluding hydrogens is 488 g/mol. The number of carbonyl (C=O) groups is 2. The van der Waals surface area contributed by atoms with Gasteiger partial charge >= 0.3 is 11.9 Å². The van der Waals surface area contributed by atoms with Gasteiger partial charge in [0.15, 0.2) is 0 Å². The summed E-state index contributed by atoms with van der Waals surface area (Å²) < 4.78 is 22.8. The lowest BCUT2D eigenvalue weighted by Crippen LogP contribution is -2.32. The second-order valence-electron chi connectivity index (χ2n) is 11.1. The van der Waals surface area contributed by atoms with E-state index in [4.69, 9.17) is 18.9 Å². The Hall–Kier alpha value is -2.52. The maximum Gasteiger partial charge on any atom is 0.331 e. The third-order valence-corrected chi connectivity index (χ3v) is 7.33. The first-order valence-corrected chi connectivity index (χ1v) is 13.6. The molecule has 0 aliphatic carbocycles. The van der Waals surface area contributed by atoms with Crippen LogP contribution < -0.4 is 0 Å². The Morgan fingerprint density at radius 3 is 2.66 bits per heavy atom. The Labute approximate surface area is 224 Å². The van der Waals surface area contributed by atoms with Crippen molar-refractivity contribution in [1.82, 2.24) is 0 Å². The second-order valence-corrected chi connectivity index (χ2v) is 11.1. The first kappa shape index (κ1) is 28.5. The van der Waals surface area contributed by atoms with Gasteiger partial charge < -0.3 is 29.2 Å². The molecule has 208 valence electrons. The van der Waals surface area contributed by atoms with Gasteiger partial charge in [-0.3, -0.25) is 0 Å². The molecule has 2 bridgehead atoms. The van der Waals surface area contributed by atoms with Crippen molar-refractivity contribution in [3.05, 3.63) is 60.3 Å². The highest BCUT2D eigenvalue weighted by atomic mass is 16.6. The average Bonchev–Trinajstić information content (AvgIpc) is 3.60. The zero-order valence-electron chi connectivity index (χ0n) is 22.2. The van der Waals surface area contributed by atoms with Crippen LogP contribution in [-0.2, 0) is 28.5 Å². The molecule has 1 unspecified atom stereocenters. The average molecular weight is 529 g/mol. The van der Waals surface area contributed by atoms with Crippen molar-refractivity contribution in [2.45, 2.75) is 108 Å². The van der Waals surface area contributed by atoms with Gasteiger partial charge in [0, 0.05) is 25.0 Å². The Morgan fingerprint density at radius 2 is 1.87 bits per heavy atom. The van der Waals surface area contributed by atoms with Crippen LogP contribution in [0.2, 0.25) is 0 Å². The molecule has 0 spiro atoms. The zero-order chi connectivity index (χ0) is 27.2. The lowest BCUT2D eigenvalue weighted by atomic mass is 9.91. The van der Waals surface area contributed by atoms with Gasteiger partial charge in [0.25, 0.3) is 0 Å². The Kier molecular flexibility index (Phi) is 9.76. The summed E-state index contributed by atoms with van der Waals surface area (Å²) in [5.41, 5.74) is 1.85. The summed E-state index contributed by atoms with van der Waals surface area (Å²) in [6.07, 6.45) is 12.0. The normalized spacial score (nSPS) is 38.7. The monoisotopic (exact) mass is 528 g/mol. The van der Waals surface area contributed by atoms with Crippen LogP contribution >= 0.6 is 0 Å². The van der Waals surface area contributed by atoms with Crippen LogP contribution in [-0.4, -0.2) is 71.0 Å². The summed E-state index contributed by atoms with van der Waals surface area (Å²) in [4.78, 5) is 24.3. The minimum atomic E-state index is -1.15. The van der Waals surface area contributed by atoms with Gasteiger partial charge in [-0.05, 0) is 51.0 Å². The Morgan fingerprint density at radius 1 is 1.05 bits per heavy atom. The fourth-order valence-corrected chi connectivity index (χ4v) is 5.47. The standard InChI is InChI=1S/C30H40O8/c1-18-12-19(2)15-25(32)30-27(38-30)17-26(24(31)11-10-23-14-20(3)16-29(34)36-23)37-28(33)9-5-7-21-6-4-8-22(13-18)35-21/h4-6,9-11,16,18,21-27,30-32H,2,7-8,12-15,17H2,1,3H3/b9-5-,11-10+/t18-,21-,22-,23+,24-,25-,26?,27-,30-/m0/s1. The molecule has 9 atom stereocenters. The van der Waals surface area contributed by atoms with Gasteiger partial charge in [-0.1, -0.05) is 49.0 Å². The summed E-state index contributed by atoms with van der Waals surface area (Å²) in [6, 6.07) is 0. The molecule has 8 nitrogen and oxygen atoms in total. The van der Waals surface area contributed by atoms with E-state index < -0.39 is 42.5 Å². The van der Waals surface area contributed by atoms with Crippen LogP contribution in [0.5, 0.6) is 0 Å². The fraction of sp³-hybridized carbons (Fsp3) is 0.600. The van der Waals surface area contributed by atoms with Gasteiger partial charge in [0.2, 0.25) is 0 Å². The first-order valence-electron chi connectivity index (χ1n) is 13.6. The molecule has 4 aliphatic rings. The minimum absolute atomic E-state index is 0.0992. The van der Waals surface area contributed by atoms with Crippen molar-refractivity contribution in [2.24, 2.45) is 5.92 Å². The van der Waals surface area contributed by atoms with Crippen LogP contribution in [0.3, 0.4) is 0 Å². The van der Waals surface area contributed by atoms with Crippen LogP contribution in [0, 0.1) is 5.92 Å². The van der Waals surface area contributed by atoms with Crippen LogP contribution in [0.4, 0.5) is 0 Å². The van der Waals surface area contributed by atoms with E-state index in [0.29, 0.717) is 25.2 Å². The number of ether oxygens (including phenoxy) is 4. The number of hydrogen-bond donors (Lipinski definition) is 2. The summed E-state index contributed by atoms with van der Waals surface area (Å²) in [5, 5.41) is 21.6. The molecule has 0 amide bonds. The van der Waals surface area contributed by atoms with E-state index in [1.165, 1.54) is 18.2 Å². The molecule has 8 heteroatoms. The molecule has 1 fully saturated rings. The number of epoxide rings is 1. The number of hydrogen-bond acceptors (Lipinski definition) is 8. The zero-order valence-corrected chi connectivity index (χ0v) is 22.2. The molecule has 4 aliphatic heterocycles. The fourth-order valence-electron chi connectivity index (χ4n) is 5.47. The number of carbonyl (C=O) groups excluding carboxylic acids is 2. The van der Waals surface area contributed by atoms with E-state index in [1.807, 2.05) is 13.0 Å². The Bertz CT molecular complexity index is 994. The van der Waals surface area contributed by atoms with Gasteiger partial charge in [-0.25, -0.2) is 9.59 Å². The van der Waals surface area contributed by atoms with Gasteiger partial charge in [-0.2, -0.15) is 0 Å². The SMILES string of the molecule is C=C1C[C@H](C)C[C@@H]2CC=C[C@@H](C/C=C\C(=O)OC([C@@H](O)/C=C/[C@@H]3CC(C)=CC(=O)O3)C[C@@H]3O[C@H]3[C@@H](O)C1)O2. The van der Waals surface area contributed by atoms with Crippen LogP contribution in [0.15, 0.2) is 60.3 Å². The molecule has 0 aromatic heterocycles. The lowest BCUT2D eigenvalue weighted by molar-refractivity contribution is -0.148. The van der Waals surface area contributed by atoms with Crippen molar-refractivity contribution in [2.75, 3.05) is 0 Å². The number of aliphatic hydroxyl groups excluding tert-OH is 2. The van der Waals surface area contributed by atoms with Crippen LogP contribution in [0.1, 0.15) is 58.8 Å². The smallest absolute Gasteiger partial charge is 0.331 e. The van der Waals surface area contributed by atoms with Gasteiger partial charge in [0.1, 0.15) is 24.4 Å². The number of rotatable bonds is 3. The maximum atomic E-state index is 12.6. The lowest BCUT2D eigenvalue weighted by Gasteiger charge is -2.28.